The average molecular weight is 331 g/mol. The number of halogens is 2. The molecule has 1 unspecified atom stereocenters. The van der Waals surface area contributed by atoms with Crippen LogP contribution in [0.3, 0.4) is 0 Å². The lowest BCUT2D eigenvalue weighted by Crippen LogP contribution is -2.39. The van der Waals surface area contributed by atoms with Crippen LogP contribution in [0.4, 0.5) is 5.69 Å². The molecule has 1 aliphatic carbocycles. The Balaban J connectivity index is 2.06. The molecule has 0 aliphatic heterocycles. The summed E-state index contributed by atoms with van der Waals surface area (Å²) in [5, 5.41) is 11.3. The molecule has 0 bridgehead atoms. The predicted molar refractivity (Wildman–Crippen MR) is 90.0 cm³/mol. The van der Waals surface area contributed by atoms with Gasteiger partial charge in [-0.3, -0.25) is 4.90 Å². The van der Waals surface area contributed by atoms with E-state index in [-0.39, 0.29) is 0 Å². The maximum Gasteiger partial charge on any atom is 0.0918 e. The zero-order chi connectivity index (χ0) is 15.4. The maximum atomic E-state index is 10.5. The quantitative estimate of drug-likeness (QED) is 0.793. The number of nitrogens with zero attached hydrogens (tertiary/aromatic N) is 1. The van der Waals surface area contributed by atoms with Gasteiger partial charge in [0.15, 0.2) is 0 Å². The van der Waals surface area contributed by atoms with E-state index in [1.54, 1.807) is 12.1 Å². The summed E-state index contributed by atoms with van der Waals surface area (Å²) in [5.74, 6) is 0. The highest BCUT2D eigenvalue weighted by molar-refractivity contribution is 6.38. The van der Waals surface area contributed by atoms with E-state index in [1.165, 1.54) is 32.1 Å². The summed E-state index contributed by atoms with van der Waals surface area (Å²) in [6, 6.07) is 4.00. The van der Waals surface area contributed by atoms with Crippen molar-refractivity contribution in [1.29, 1.82) is 0 Å². The van der Waals surface area contributed by atoms with Gasteiger partial charge in [0.25, 0.3) is 0 Å². The molecular weight excluding hydrogens is 307 g/mol. The Labute approximate surface area is 137 Å². The van der Waals surface area contributed by atoms with Crippen LogP contribution in [0.2, 0.25) is 10.0 Å². The Morgan fingerprint density at radius 2 is 1.81 bits per heavy atom. The second-order valence-electron chi connectivity index (χ2n) is 5.79. The molecule has 0 radical (unpaired) electrons. The van der Waals surface area contributed by atoms with Crippen molar-refractivity contribution in [2.45, 2.75) is 51.2 Å². The molecule has 0 amide bonds. The molecular formula is C16H24Cl2N2O. The zero-order valence-electron chi connectivity index (χ0n) is 12.5. The molecule has 0 saturated heterocycles. The van der Waals surface area contributed by atoms with Crippen molar-refractivity contribution in [2.75, 3.05) is 18.8 Å². The molecule has 118 valence electrons. The second kappa shape index (κ2) is 7.68. The number of likely N-dealkylation sites (N-methyl/N-ethyl adjacent to an activating group) is 1. The van der Waals surface area contributed by atoms with Crippen LogP contribution in [0.5, 0.6) is 0 Å². The van der Waals surface area contributed by atoms with Crippen molar-refractivity contribution in [3.8, 4) is 0 Å². The third-order valence-corrected chi connectivity index (χ3v) is 5.02. The first-order chi connectivity index (χ1) is 10.0. The van der Waals surface area contributed by atoms with Crippen molar-refractivity contribution >= 4 is 28.9 Å². The number of aliphatic hydroxyl groups is 1. The predicted octanol–water partition coefficient (Wildman–Crippen LogP) is 4.26. The first-order valence-corrected chi connectivity index (χ1v) is 8.45. The third kappa shape index (κ3) is 4.26. The minimum absolute atomic E-state index is 0.369. The zero-order valence-corrected chi connectivity index (χ0v) is 14.0. The molecule has 1 aromatic rings. The smallest absolute Gasteiger partial charge is 0.0918 e. The standard InChI is InChI=1S/C16H24Cl2N2O/c1-2-20(12-6-4-3-5-7-12)10-15(21)11-8-13(17)16(19)14(18)9-11/h8-9,12,15,21H,2-7,10,19H2,1H3. The van der Waals surface area contributed by atoms with E-state index < -0.39 is 6.10 Å². The Morgan fingerprint density at radius 1 is 1.24 bits per heavy atom. The van der Waals surface area contributed by atoms with Gasteiger partial charge in [-0.25, -0.2) is 0 Å². The molecule has 21 heavy (non-hydrogen) atoms. The fourth-order valence-electron chi connectivity index (χ4n) is 3.11. The van der Waals surface area contributed by atoms with Gasteiger partial charge in [-0.05, 0) is 37.1 Å². The van der Waals surface area contributed by atoms with Crippen molar-refractivity contribution < 1.29 is 5.11 Å². The third-order valence-electron chi connectivity index (χ3n) is 4.39. The van der Waals surface area contributed by atoms with E-state index in [2.05, 4.69) is 11.8 Å². The van der Waals surface area contributed by atoms with Crippen molar-refractivity contribution in [3.63, 3.8) is 0 Å². The number of hydrogen-bond acceptors (Lipinski definition) is 3. The van der Waals surface area contributed by atoms with Crippen LogP contribution in [0.15, 0.2) is 12.1 Å². The largest absolute Gasteiger partial charge is 0.396 e. The summed E-state index contributed by atoms with van der Waals surface area (Å²) >= 11 is 12.1. The summed E-state index contributed by atoms with van der Waals surface area (Å²) in [4.78, 5) is 2.36. The van der Waals surface area contributed by atoms with E-state index in [9.17, 15) is 5.11 Å². The van der Waals surface area contributed by atoms with Gasteiger partial charge in [0.05, 0.1) is 21.8 Å². The Hall–Kier alpha value is -0.480. The maximum absolute atomic E-state index is 10.5. The Bertz CT molecular complexity index is 452. The van der Waals surface area contributed by atoms with Crippen LogP contribution in [-0.2, 0) is 0 Å². The van der Waals surface area contributed by atoms with Crippen molar-refractivity contribution in [2.24, 2.45) is 0 Å². The van der Waals surface area contributed by atoms with Gasteiger partial charge in [0.1, 0.15) is 0 Å². The van der Waals surface area contributed by atoms with Gasteiger partial charge in [0.2, 0.25) is 0 Å². The summed E-state index contributed by atoms with van der Waals surface area (Å²) in [6.07, 6.45) is 5.77. The molecule has 0 aromatic heterocycles. The number of hydrogen-bond donors (Lipinski definition) is 2. The number of rotatable bonds is 5. The number of nitrogens with two attached hydrogens (primary N) is 1. The molecule has 3 N–H and O–H groups in total. The SMILES string of the molecule is CCN(CC(O)c1cc(Cl)c(N)c(Cl)c1)C1CCCCC1. The number of benzene rings is 1. The topological polar surface area (TPSA) is 49.5 Å². The fourth-order valence-corrected chi connectivity index (χ4v) is 3.61. The van der Waals surface area contributed by atoms with Crippen LogP contribution in [0, 0.1) is 0 Å². The fraction of sp³-hybridized carbons (Fsp3) is 0.625. The highest BCUT2D eigenvalue weighted by atomic mass is 35.5. The normalized spacial score (nSPS) is 18.1. The minimum Gasteiger partial charge on any atom is -0.396 e. The molecule has 0 spiro atoms. The minimum atomic E-state index is -0.595. The van der Waals surface area contributed by atoms with E-state index in [1.807, 2.05) is 0 Å². The molecule has 1 atom stereocenters. The monoisotopic (exact) mass is 330 g/mol. The van der Waals surface area contributed by atoms with Gasteiger partial charge in [-0.1, -0.05) is 49.4 Å². The lowest BCUT2D eigenvalue weighted by atomic mass is 9.93. The van der Waals surface area contributed by atoms with E-state index in [0.29, 0.717) is 28.3 Å². The highest BCUT2D eigenvalue weighted by Crippen LogP contribution is 2.32. The van der Waals surface area contributed by atoms with Crippen LogP contribution >= 0.6 is 23.2 Å². The summed E-state index contributed by atoms with van der Waals surface area (Å²) in [7, 11) is 0. The molecule has 1 aliphatic rings. The highest BCUT2D eigenvalue weighted by Gasteiger charge is 2.23. The van der Waals surface area contributed by atoms with Crippen LogP contribution in [0.1, 0.15) is 50.7 Å². The Kier molecular flexibility index (Phi) is 6.18. The van der Waals surface area contributed by atoms with Gasteiger partial charge in [-0.15, -0.1) is 0 Å². The summed E-state index contributed by atoms with van der Waals surface area (Å²) < 4.78 is 0. The van der Waals surface area contributed by atoms with Gasteiger partial charge in [0, 0.05) is 12.6 Å². The Morgan fingerprint density at radius 3 is 2.33 bits per heavy atom. The molecule has 5 heteroatoms. The van der Waals surface area contributed by atoms with E-state index in [0.717, 1.165) is 12.1 Å². The first-order valence-electron chi connectivity index (χ1n) is 7.69. The molecule has 2 rings (SSSR count). The molecule has 1 aromatic carbocycles. The summed E-state index contributed by atoms with van der Waals surface area (Å²) in [5.41, 5.74) is 6.84. The van der Waals surface area contributed by atoms with E-state index in [4.69, 9.17) is 28.9 Å². The van der Waals surface area contributed by atoms with Crippen molar-refractivity contribution in [3.05, 3.63) is 27.7 Å². The summed E-state index contributed by atoms with van der Waals surface area (Å²) in [6.45, 7) is 3.69. The number of nitrogen functional groups attached to an aromatic ring is 1. The molecule has 0 heterocycles. The average Bonchev–Trinajstić information content (AvgIpc) is 2.50. The van der Waals surface area contributed by atoms with Crippen LogP contribution in [-0.4, -0.2) is 29.1 Å². The lowest BCUT2D eigenvalue weighted by molar-refractivity contribution is 0.0767. The number of aliphatic hydroxyl groups excluding tert-OH is 1. The molecule has 3 nitrogen and oxygen atoms in total. The van der Waals surface area contributed by atoms with Gasteiger partial charge in [-0.2, -0.15) is 0 Å². The van der Waals surface area contributed by atoms with Crippen LogP contribution in [0.25, 0.3) is 0 Å². The first kappa shape index (κ1) is 16.9. The van der Waals surface area contributed by atoms with E-state index >= 15 is 0 Å². The lowest BCUT2D eigenvalue weighted by Gasteiger charge is -2.35. The molecule has 1 saturated carbocycles. The van der Waals surface area contributed by atoms with Gasteiger partial charge < -0.3 is 10.8 Å². The molecule has 1 fully saturated rings. The van der Waals surface area contributed by atoms with Gasteiger partial charge >= 0.3 is 0 Å². The second-order valence-corrected chi connectivity index (χ2v) is 6.61. The number of anilines is 1. The van der Waals surface area contributed by atoms with Crippen LogP contribution < -0.4 is 5.73 Å². The van der Waals surface area contributed by atoms with Crippen molar-refractivity contribution in [1.82, 2.24) is 4.90 Å².